The van der Waals surface area contributed by atoms with Gasteiger partial charge in [-0.1, -0.05) is 30.3 Å². The fraction of sp³-hybridized carbons (Fsp3) is 0.0588. The van der Waals surface area contributed by atoms with Gasteiger partial charge in [0.15, 0.2) is 0 Å². The maximum Gasteiger partial charge on any atom is 0.0535 e. The molecular weight excluding hydrogens is 246 g/mol. The standard InChI is InChI=1S/C17H15N3/c1-2-4-14(5-3-1)11-20-17-10-16(12-19-13-17)15-6-8-18-9-7-15/h1-10,12-13,20H,11H2. The molecule has 98 valence electrons. The first-order chi connectivity index (χ1) is 9.92. The van der Waals surface area contributed by atoms with Crippen molar-refractivity contribution in [2.75, 3.05) is 5.32 Å². The Hall–Kier alpha value is -2.68. The summed E-state index contributed by atoms with van der Waals surface area (Å²) in [6.07, 6.45) is 7.29. The minimum atomic E-state index is 0.794. The van der Waals surface area contributed by atoms with Gasteiger partial charge in [-0.3, -0.25) is 9.97 Å². The molecule has 2 heterocycles. The number of pyridine rings is 2. The summed E-state index contributed by atoms with van der Waals surface area (Å²) >= 11 is 0. The molecule has 0 amide bonds. The third kappa shape index (κ3) is 3.01. The van der Waals surface area contributed by atoms with E-state index in [0.29, 0.717) is 0 Å². The van der Waals surface area contributed by atoms with E-state index >= 15 is 0 Å². The van der Waals surface area contributed by atoms with E-state index in [9.17, 15) is 0 Å². The number of rotatable bonds is 4. The molecule has 0 saturated heterocycles. The van der Waals surface area contributed by atoms with Crippen LogP contribution in [0.15, 0.2) is 73.3 Å². The molecule has 3 nitrogen and oxygen atoms in total. The van der Waals surface area contributed by atoms with Gasteiger partial charge in [-0.05, 0) is 29.3 Å². The summed E-state index contributed by atoms with van der Waals surface area (Å²) in [6, 6.07) is 16.4. The predicted molar refractivity (Wildman–Crippen MR) is 81.2 cm³/mol. The molecule has 20 heavy (non-hydrogen) atoms. The number of hydrogen-bond acceptors (Lipinski definition) is 3. The molecule has 0 aliphatic heterocycles. The molecule has 3 rings (SSSR count). The topological polar surface area (TPSA) is 37.8 Å². The van der Waals surface area contributed by atoms with Crippen LogP contribution in [0.2, 0.25) is 0 Å². The summed E-state index contributed by atoms with van der Waals surface area (Å²) in [5.41, 5.74) is 4.48. The lowest BCUT2D eigenvalue weighted by Gasteiger charge is -2.08. The maximum absolute atomic E-state index is 4.29. The van der Waals surface area contributed by atoms with Crippen molar-refractivity contribution in [3.05, 3.63) is 78.9 Å². The molecule has 3 heteroatoms. The first-order valence-corrected chi connectivity index (χ1v) is 6.55. The highest BCUT2D eigenvalue weighted by atomic mass is 14.9. The van der Waals surface area contributed by atoms with Crippen LogP contribution in [0.5, 0.6) is 0 Å². The molecule has 2 aromatic heterocycles. The predicted octanol–water partition coefficient (Wildman–Crippen LogP) is 3.76. The van der Waals surface area contributed by atoms with E-state index in [4.69, 9.17) is 0 Å². The molecule has 0 atom stereocenters. The van der Waals surface area contributed by atoms with Gasteiger partial charge in [0.25, 0.3) is 0 Å². The van der Waals surface area contributed by atoms with Gasteiger partial charge in [0, 0.05) is 36.9 Å². The molecule has 0 saturated carbocycles. The molecule has 1 aromatic carbocycles. The number of anilines is 1. The maximum atomic E-state index is 4.29. The molecular formula is C17H15N3. The van der Waals surface area contributed by atoms with Gasteiger partial charge in [0.1, 0.15) is 0 Å². The average molecular weight is 261 g/mol. The van der Waals surface area contributed by atoms with Crippen LogP contribution in [0.3, 0.4) is 0 Å². The van der Waals surface area contributed by atoms with Gasteiger partial charge >= 0.3 is 0 Å². The lowest BCUT2D eigenvalue weighted by atomic mass is 10.1. The summed E-state index contributed by atoms with van der Waals surface area (Å²) in [5.74, 6) is 0. The Morgan fingerprint density at radius 1 is 0.800 bits per heavy atom. The van der Waals surface area contributed by atoms with Crippen LogP contribution in [0.4, 0.5) is 5.69 Å². The Labute approximate surface area is 118 Å². The number of nitrogens with zero attached hydrogens (tertiary/aromatic N) is 2. The van der Waals surface area contributed by atoms with Gasteiger partial charge in [-0.2, -0.15) is 0 Å². The van der Waals surface area contributed by atoms with Gasteiger partial charge in [0.2, 0.25) is 0 Å². The van der Waals surface area contributed by atoms with E-state index in [1.807, 2.05) is 42.7 Å². The first-order valence-electron chi connectivity index (χ1n) is 6.55. The number of aromatic nitrogens is 2. The average Bonchev–Trinajstić information content (AvgIpc) is 2.55. The number of hydrogen-bond donors (Lipinski definition) is 1. The van der Waals surface area contributed by atoms with Crippen molar-refractivity contribution in [3.8, 4) is 11.1 Å². The Kier molecular flexibility index (Phi) is 3.69. The Morgan fingerprint density at radius 3 is 2.40 bits per heavy atom. The highest BCUT2D eigenvalue weighted by Gasteiger charge is 2.00. The van der Waals surface area contributed by atoms with Crippen LogP contribution >= 0.6 is 0 Å². The molecule has 0 aliphatic rings. The minimum absolute atomic E-state index is 0.794. The van der Waals surface area contributed by atoms with Gasteiger partial charge in [0.05, 0.1) is 5.69 Å². The van der Waals surface area contributed by atoms with E-state index in [-0.39, 0.29) is 0 Å². The summed E-state index contributed by atoms with van der Waals surface area (Å²) in [5, 5.41) is 3.39. The third-order valence-corrected chi connectivity index (χ3v) is 3.09. The summed E-state index contributed by atoms with van der Waals surface area (Å²) in [7, 11) is 0. The number of nitrogens with one attached hydrogen (secondary N) is 1. The summed E-state index contributed by atoms with van der Waals surface area (Å²) in [6.45, 7) is 0.794. The zero-order valence-electron chi connectivity index (χ0n) is 11.0. The normalized spacial score (nSPS) is 10.2. The van der Waals surface area contributed by atoms with Crippen molar-refractivity contribution in [1.82, 2.24) is 9.97 Å². The van der Waals surface area contributed by atoms with E-state index < -0.39 is 0 Å². The van der Waals surface area contributed by atoms with Crippen LogP contribution in [-0.2, 0) is 6.54 Å². The van der Waals surface area contributed by atoms with Crippen molar-refractivity contribution < 1.29 is 0 Å². The van der Waals surface area contributed by atoms with Gasteiger partial charge in [-0.15, -0.1) is 0 Å². The second-order valence-electron chi connectivity index (χ2n) is 4.54. The fourth-order valence-corrected chi connectivity index (χ4v) is 2.04. The zero-order valence-corrected chi connectivity index (χ0v) is 11.0. The molecule has 1 N–H and O–H groups in total. The minimum Gasteiger partial charge on any atom is -0.380 e. The third-order valence-electron chi connectivity index (χ3n) is 3.09. The molecule has 0 radical (unpaired) electrons. The van der Waals surface area contributed by atoms with Crippen LogP contribution in [0.1, 0.15) is 5.56 Å². The lowest BCUT2D eigenvalue weighted by Crippen LogP contribution is -1.99. The monoisotopic (exact) mass is 261 g/mol. The van der Waals surface area contributed by atoms with Gasteiger partial charge < -0.3 is 5.32 Å². The Morgan fingerprint density at radius 2 is 1.60 bits per heavy atom. The van der Waals surface area contributed by atoms with Crippen LogP contribution in [0.25, 0.3) is 11.1 Å². The molecule has 3 aromatic rings. The fourth-order valence-electron chi connectivity index (χ4n) is 2.04. The zero-order chi connectivity index (χ0) is 13.6. The van der Waals surface area contributed by atoms with Crippen LogP contribution in [0, 0.1) is 0 Å². The van der Waals surface area contributed by atoms with Crippen LogP contribution in [-0.4, -0.2) is 9.97 Å². The summed E-state index contributed by atoms with van der Waals surface area (Å²) in [4.78, 5) is 8.32. The Bertz CT molecular complexity index is 666. The molecule has 0 fully saturated rings. The largest absolute Gasteiger partial charge is 0.380 e. The highest BCUT2D eigenvalue weighted by molar-refractivity contribution is 5.66. The van der Waals surface area contributed by atoms with Gasteiger partial charge in [-0.25, -0.2) is 0 Å². The second-order valence-corrected chi connectivity index (χ2v) is 4.54. The van der Waals surface area contributed by atoms with Crippen molar-refractivity contribution >= 4 is 5.69 Å². The highest BCUT2D eigenvalue weighted by Crippen LogP contribution is 2.20. The number of benzene rings is 1. The summed E-state index contributed by atoms with van der Waals surface area (Å²) < 4.78 is 0. The SMILES string of the molecule is c1ccc(CNc2cncc(-c3ccncc3)c2)cc1. The van der Waals surface area contributed by atoms with E-state index in [2.05, 4.69) is 33.5 Å². The molecule has 0 unspecified atom stereocenters. The van der Waals surface area contributed by atoms with Crippen molar-refractivity contribution in [2.45, 2.75) is 6.54 Å². The molecule has 0 spiro atoms. The first kappa shape index (κ1) is 12.4. The smallest absolute Gasteiger partial charge is 0.0535 e. The Balaban J connectivity index is 1.75. The second kappa shape index (κ2) is 5.97. The van der Waals surface area contributed by atoms with E-state index in [0.717, 1.165) is 23.4 Å². The van der Waals surface area contributed by atoms with Crippen molar-refractivity contribution in [3.63, 3.8) is 0 Å². The van der Waals surface area contributed by atoms with Crippen LogP contribution < -0.4 is 5.32 Å². The lowest BCUT2D eigenvalue weighted by molar-refractivity contribution is 1.14. The van der Waals surface area contributed by atoms with Crippen molar-refractivity contribution in [2.24, 2.45) is 0 Å². The molecule has 0 bridgehead atoms. The van der Waals surface area contributed by atoms with E-state index in [1.165, 1.54) is 5.56 Å². The van der Waals surface area contributed by atoms with E-state index in [1.54, 1.807) is 12.4 Å². The molecule has 0 aliphatic carbocycles. The van der Waals surface area contributed by atoms with Crippen molar-refractivity contribution in [1.29, 1.82) is 0 Å². The quantitative estimate of drug-likeness (QED) is 0.777.